The average molecular weight is 232 g/mol. The summed E-state index contributed by atoms with van der Waals surface area (Å²) in [4.78, 5) is 11.5. The number of allylic oxidation sites excluding steroid dienone is 1. The quantitative estimate of drug-likeness (QED) is 0.805. The van der Waals surface area contributed by atoms with E-state index in [4.69, 9.17) is 8.83 Å². The van der Waals surface area contributed by atoms with Gasteiger partial charge in [-0.2, -0.15) is 0 Å². The maximum atomic E-state index is 11.5. The van der Waals surface area contributed by atoms with Crippen LogP contribution >= 0.6 is 0 Å². The van der Waals surface area contributed by atoms with Crippen LogP contribution in [0, 0.1) is 0 Å². The molecule has 1 N–H and O–H groups in total. The first kappa shape index (κ1) is 11.4. The number of carbonyl (C=O) groups is 1. The topological polar surface area (TPSA) is 63.6 Å². The van der Waals surface area contributed by atoms with Crippen molar-refractivity contribution in [2.75, 3.05) is 0 Å². The molecule has 0 spiro atoms. The predicted molar refractivity (Wildman–Crippen MR) is 61.0 cm³/mol. The third-order valence-corrected chi connectivity index (χ3v) is 2.24. The number of rotatable bonds is 5. The molecule has 0 fully saturated rings. The summed E-state index contributed by atoms with van der Waals surface area (Å²) in [5, 5.41) is 9.67. The van der Waals surface area contributed by atoms with Crippen molar-refractivity contribution in [3.05, 3.63) is 54.4 Å². The molecule has 0 radical (unpaired) electrons. The molecule has 0 aromatic carbocycles. The Morgan fingerprint density at radius 1 is 1.29 bits per heavy atom. The number of aliphatic hydroxyl groups is 1. The number of furan rings is 2. The fourth-order valence-corrected chi connectivity index (χ4v) is 1.40. The Morgan fingerprint density at radius 2 is 2.06 bits per heavy atom. The van der Waals surface area contributed by atoms with Crippen LogP contribution in [0.25, 0.3) is 6.08 Å². The molecule has 2 aromatic heterocycles. The number of aliphatic hydroxyl groups excluding tert-OH is 1. The lowest BCUT2D eigenvalue weighted by Crippen LogP contribution is -2.03. The largest absolute Gasteiger partial charge is 0.467 e. The van der Waals surface area contributed by atoms with E-state index in [1.165, 1.54) is 18.6 Å². The van der Waals surface area contributed by atoms with Crippen molar-refractivity contribution in [2.24, 2.45) is 0 Å². The Labute approximate surface area is 98.2 Å². The minimum Gasteiger partial charge on any atom is -0.467 e. The van der Waals surface area contributed by atoms with Gasteiger partial charge in [-0.15, -0.1) is 0 Å². The Balaban J connectivity index is 1.89. The lowest BCUT2D eigenvalue weighted by Gasteiger charge is -2.03. The first-order valence-corrected chi connectivity index (χ1v) is 5.21. The highest BCUT2D eigenvalue weighted by atomic mass is 16.4. The molecule has 2 heterocycles. The molecular formula is C13H12O4. The second kappa shape index (κ2) is 5.32. The van der Waals surface area contributed by atoms with Gasteiger partial charge in [-0.25, -0.2) is 0 Å². The second-order valence-corrected chi connectivity index (χ2v) is 3.55. The van der Waals surface area contributed by atoms with Crippen molar-refractivity contribution in [3.63, 3.8) is 0 Å². The van der Waals surface area contributed by atoms with Gasteiger partial charge >= 0.3 is 0 Å². The van der Waals surface area contributed by atoms with Gasteiger partial charge in [0.2, 0.25) is 0 Å². The molecule has 2 rings (SSSR count). The van der Waals surface area contributed by atoms with E-state index in [1.54, 1.807) is 30.3 Å². The maximum absolute atomic E-state index is 11.5. The molecule has 0 aliphatic heterocycles. The van der Waals surface area contributed by atoms with Crippen molar-refractivity contribution in [2.45, 2.75) is 12.5 Å². The first-order valence-electron chi connectivity index (χ1n) is 5.21. The van der Waals surface area contributed by atoms with Crippen LogP contribution in [0.5, 0.6) is 0 Å². The lowest BCUT2D eigenvalue weighted by molar-refractivity contribution is -0.116. The van der Waals surface area contributed by atoms with Gasteiger partial charge in [0.15, 0.2) is 5.78 Å². The fraction of sp³-hybridized carbons (Fsp3) is 0.154. The third kappa shape index (κ3) is 3.19. The van der Waals surface area contributed by atoms with Gasteiger partial charge in [-0.3, -0.25) is 4.79 Å². The summed E-state index contributed by atoms with van der Waals surface area (Å²) in [5.74, 6) is 0.806. The molecule has 0 amide bonds. The molecule has 0 saturated heterocycles. The van der Waals surface area contributed by atoms with Crippen LogP contribution in [-0.2, 0) is 4.79 Å². The molecule has 2 aromatic rings. The maximum Gasteiger partial charge on any atom is 0.158 e. The Bertz CT molecular complexity index is 479. The Morgan fingerprint density at radius 3 is 2.71 bits per heavy atom. The van der Waals surface area contributed by atoms with Crippen molar-refractivity contribution >= 4 is 11.9 Å². The van der Waals surface area contributed by atoms with E-state index in [9.17, 15) is 9.90 Å². The van der Waals surface area contributed by atoms with Crippen molar-refractivity contribution in [3.8, 4) is 0 Å². The zero-order valence-electron chi connectivity index (χ0n) is 9.08. The molecular weight excluding hydrogens is 220 g/mol. The normalized spacial score (nSPS) is 13.0. The molecule has 17 heavy (non-hydrogen) atoms. The highest BCUT2D eigenvalue weighted by molar-refractivity contribution is 5.93. The minimum atomic E-state index is -0.904. The molecule has 0 aliphatic rings. The minimum absolute atomic E-state index is 0.00920. The van der Waals surface area contributed by atoms with Gasteiger partial charge in [-0.1, -0.05) is 0 Å². The summed E-state index contributed by atoms with van der Waals surface area (Å²) >= 11 is 0. The number of carbonyl (C=O) groups excluding carboxylic acids is 1. The fourth-order valence-electron chi connectivity index (χ4n) is 1.40. The van der Waals surface area contributed by atoms with E-state index in [0.29, 0.717) is 11.5 Å². The van der Waals surface area contributed by atoms with Crippen LogP contribution in [0.15, 0.2) is 51.7 Å². The van der Waals surface area contributed by atoms with Crippen molar-refractivity contribution in [1.82, 2.24) is 0 Å². The lowest BCUT2D eigenvalue weighted by atomic mass is 10.1. The summed E-state index contributed by atoms with van der Waals surface area (Å²) in [6.45, 7) is 0. The van der Waals surface area contributed by atoms with Crippen LogP contribution in [0.2, 0.25) is 0 Å². The predicted octanol–water partition coefficient (Wildman–Crippen LogP) is 2.58. The van der Waals surface area contributed by atoms with Crippen LogP contribution in [0.3, 0.4) is 0 Å². The average Bonchev–Trinajstić information content (AvgIpc) is 2.99. The number of hydrogen-bond acceptors (Lipinski definition) is 4. The highest BCUT2D eigenvalue weighted by Gasteiger charge is 2.13. The molecule has 1 atom stereocenters. The summed E-state index contributed by atoms with van der Waals surface area (Å²) in [6, 6.07) is 6.78. The second-order valence-electron chi connectivity index (χ2n) is 3.55. The molecule has 0 bridgehead atoms. The molecule has 0 aliphatic carbocycles. The number of ketones is 1. The van der Waals surface area contributed by atoms with E-state index in [-0.39, 0.29) is 12.2 Å². The molecule has 0 saturated carbocycles. The SMILES string of the molecule is O=C(/C=C/c1ccco1)CC(O)c1ccco1. The zero-order valence-corrected chi connectivity index (χ0v) is 9.08. The van der Waals surface area contributed by atoms with E-state index < -0.39 is 6.10 Å². The standard InChI is InChI=1S/C13H12O4/c14-10(5-6-11-3-1-7-16-11)9-12(15)13-4-2-8-17-13/h1-8,12,15H,9H2/b6-5+. The number of hydrogen-bond donors (Lipinski definition) is 1. The van der Waals surface area contributed by atoms with Gasteiger partial charge in [-0.05, 0) is 36.4 Å². The van der Waals surface area contributed by atoms with Gasteiger partial charge in [0, 0.05) is 6.42 Å². The Hall–Kier alpha value is -2.07. The zero-order chi connectivity index (χ0) is 12.1. The summed E-state index contributed by atoms with van der Waals surface area (Å²) < 4.78 is 10.0. The Kier molecular flexibility index (Phi) is 3.57. The molecule has 4 heteroatoms. The summed E-state index contributed by atoms with van der Waals surface area (Å²) in [6.07, 6.45) is 5.02. The van der Waals surface area contributed by atoms with Crippen LogP contribution in [-0.4, -0.2) is 10.9 Å². The van der Waals surface area contributed by atoms with Gasteiger partial charge in [0.1, 0.15) is 17.6 Å². The van der Waals surface area contributed by atoms with Crippen LogP contribution < -0.4 is 0 Å². The van der Waals surface area contributed by atoms with Gasteiger partial charge in [0.05, 0.1) is 12.5 Å². The third-order valence-electron chi connectivity index (χ3n) is 2.24. The van der Waals surface area contributed by atoms with Crippen molar-refractivity contribution in [1.29, 1.82) is 0 Å². The summed E-state index contributed by atoms with van der Waals surface area (Å²) in [5.41, 5.74) is 0. The van der Waals surface area contributed by atoms with E-state index in [1.807, 2.05) is 0 Å². The van der Waals surface area contributed by atoms with E-state index in [0.717, 1.165) is 0 Å². The summed E-state index contributed by atoms with van der Waals surface area (Å²) in [7, 11) is 0. The first-order chi connectivity index (χ1) is 8.25. The van der Waals surface area contributed by atoms with Crippen molar-refractivity contribution < 1.29 is 18.7 Å². The van der Waals surface area contributed by atoms with Crippen LogP contribution in [0.1, 0.15) is 24.0 Å². The smallest absolute Gasteiger partial charge is 0.158 e. The molecule has 88 valence electrons. The monoisotopic (exact) mass is 232 g/mol. The van der Waals surface area contributed by atoms with Crippen LogP contribution in [0.4, 0.5) is 0 Å². The van der Waals surface area contributed by atoms with E-state index in [2.05, 4.69) is 0 Å². The van der Waals surface area contributed by atoms with E-state index >= 15 is 0 Å². The van der Waals surface area contributed by atoms with Gasteiger partial charge < -0.3 is 13.9 Å². The highest BCUT2D eigenvalue weighted by Crippen LogP contribution is 2.17. The van der Waals surface area contributed by atoms with Gasteiger partial charge in [0.25, 0.3) is 0 Å². The molecule has 1 unspecified atom stereocenters. The molecule has 4 nitrogen and oxygen atoms in total.